The van der Waals surface area contributed by atoms with Crippen LogP contribution < -0.4 is 10.7 Å². The van der Waals surface area contributed by atoms with Crippen LogP contribution in [-0.2, 0) is 4.79 Å². The molecule has 0 radical (unpaired) electrons. The number of fused-ring (bicyclic) bond motifs is 1. The summed E-state index contributed by atoms with van der Waals surface area (Å²) in [5, 5.41) is 8.14. The highest BCUT2D eigenvalue weighted by atomic mass is 16.2. The maximum atomic E-state index is 12.5. The minimum Gasteiger partial charge on any atom is -0.360 e. The van der Waals surface area contributed by atoms with Crippen LogP contribution in [0.15, 0.2) is 59.8 Å². The molecule has 0 aliphatic heterocycles. The number of H-pyrrole nitrogens is 1. The molecule has 1 fully saturated rings. The first kappa shape index (κ1) is 19.9. The van der Waals surface area contributed by atoms with Gasteiger partial charge in [0.05, 0.1) is 11.3 Å². The van der Waals surface area contributed by atoms with E-state index in [-0.39, 0.29) is 17.7 Å². The fourth-order valence-electron chi connectivity index (χ4n) is 3.95. The molecule has 2 amide bonds. The Kier molecular flexibility index (Phi) is 5.93. The lowest BCUT2D eigenvalue weighted by Crippen LogP contribution is -2.24. The molecule has 1 aromatic heterocycles. The quantitative estimate of drug-likeness (QED) is 0.421. The number of hydrazone groups is 1. The number of nitrogens with one attached hydrogen (secondary N) is 3. The van der Waals surface area contributed by atoms with Crippen molar-refractivity contribution >= 4 is 34.1 Å². The number of hydrogen-bond donors (Lipinski definition) is 3. The number of amides is 2. The summed E-state index contributed by atoms with van der Waals surface area (Å²) in [5.74, 6) is -0.0738. The number of aromatic amines is 1. The molecule has 1 aliphatic rings. The van der Waals surface area contributed by atoms with Gasteiger partial charge in [0.2, 0.25) is 5.91 Å². The fraction of sp³-hybridized carbons (Fsp3) is 0.292. The van der Waals surface area contributed by atoms with E-state index < -0.39 is 0 Å². The predicted molar refractivity (Wildman–Crippen MR) is 120 cm³/mol. The minimum absolute atomic E-state index is 0.0917. The third kappa shape index (κ3) is 4.43. The van der Waals surface area contributed by atoms with E-state index in [4.69, 9.17) is 0 Å². The molecule has 6 nitrogen and oxygen atoms in total. The van der Waals surface area contributed by atoms with Crippen LogP contribution in [0.2, 0.25) is 0 Å². The average Bonchev–Trinajstić information content (AvgIpc) is 3.22. The van der Waals surface area contributed by atoms with E-state index >= 15 is 0 Å². The largest absolute Gasteiger partial charge is 0.360 e. The van der Waals surface area contributed by atoms with E-state index in [1.807, 2.05) is 55.5 Å². The summed E-state index contributed by atoms with van der Waals surface area (Å²) < 4.78 is 0. The van der Waals surface area contributed by atoms with Gasteiger partial charge in [-0.25, -0.2) is 5.43 Å². The number of para-hydroxylation sites is 1. The van der Waals surface area contributed by atoms with Gasteiger partial charge in [-0.15, -0.1) is 0 Å². The Morgan fingerprint density at radius 1 is 1.03 bits per heavy atom. The van der Waals surface area contributed by atoms with Gasteiger partial charge < -0.3 is 10.3 Å². The summed E-state index contributed by atoms with van der Waals surface area (Å²) in [7, 11) is 0. The second-order valence-electron chi connectivity index (χ2n) is 7.79. The van der Waals surface area contributed by atoms with E-state index in [2.05, 4.69) is 20.8 Å². The van der Waals surface area contributed by atoms with Crippen LogP contribution >= 0.6 is 0 Å². The molecule has 1 saturated carbocycles. The number of aromatic nitrogens is 1. The highest BCUT2D eigenvalue weighted by Gasteiger charge is 2.21. The van der Waals surface area contributed by atoms with Crippen LogP contribution in [0.3, 0.4) is 0 Å². The summed E-state index contributed by atoms with van der Waals surface area (Å²) in [4.78, 5) is 28.1. The maximum Gasteiger partial charge on any atom is 0.273 e. The average molecular weight is 402 g/mol. The smallest absolute Gasteiger partial charge is 0.273 e. The minimum atomic E-state index is -0.270. The molecule has 154 valence electrons. The monoisotopic (exact) mass is 402 g/mol. The van der Waals surface area contributed by atoms with Gasteiger partial charge in [-0.05, 0) is 43.5 Å². The molecular weight excluding hydrogens is 376 g/mol. The molecule has 1 heterocycles. The molecule has 2 aromatic carbocycles. The molecule has 3 N–H and O–H groups in total. The van der Waals surface area contributed by atoms with E-state index in [9.17, 15) is 9.59 Å². The van der Waals surface area contributed by atoms with Crippen LogP contribution in [-0.4, -0.2) is 22.5 Å². The standard InChI is InChI=1S/C24H26N4O2/c1-16(27-28-24(30)21-15-25-22-13-6-5-12-20(21)22)18-10-7-11-19(14-18)26-23(29)17-8-3-2-4-9-17/h5-7,10-15,17,25H,2-4,8-9H2,1H3,(H,26,29)(H,28,30)/b27-16+. The normalized spacial score (nSPS) is 15.2. The Bertz CT molecular complexity index is 1090. The Morgan fingerprint density at radius 3 is 2.67 bits per heavy atom. The van der Waals surface area contributed by atoms with Crippen molar-refractivity contribution in [2.45, 2.75) is 39.0 Å². The maximum absolute atomic E-state index is 12.5. The van der Waals surface area contributed by atoms with Crippen molar-refractivity contribution in [1.29, 1.82) is 0 Å². The lowest BCUT2D eigenvalue weighted by Gasteiger charge is -2.20. The molecule has 0 saturated heterocycles. The van der Waals surface area contributed by atoms with Gasteiger partial charge in [0, 0.05) is 28.7 Å². The highest BCUT2D eigenvalue weighted by molar-refractivity contribution is 6.07. The van der Waals surface area contributed by atoms with Gasteiger partial charge in [0.15, 0.2) is 0 Å². The molecule has 3 aromatic rings. The van der Waals surface area contributed by atoms with E-state index in [0.29, 0.717) is 11.3 Å². The van der Waals surface area contributed by atoms with Crippen molar-refractivity contribution in [1.82, 2.24) is 10.4 Å². The predicted octanol–water partition coefficient (Wildman–Crippen LogP) is 4.84. The van der Waals surface area contributed by atoms with Gasteiger partial charge in [-0.2, -0.15) is 5.10 Å². The zero-order valence-corrected chi connectivity index (χ0v) is 17.1. The van der Waals surface area contributed by atoms with Crippen molar-refractivity contribution in [2.75, 3.05) is 5.32 Å². The van der Waals surface area contributed by atoms with Gasteiger partial charge in [-0.1, -0.05) is 49.6 Å². The molecule has 0 unspecified atom stereocenters. The second kappa shape index (κ2) is 8.95. The Balaban J connectivity index is 1.43. The summed E-state index contributed by atoms with van der Waals surface area (Å²) >= 11 is 0. The van der Waals surface area contributed by atoms with E-state index in [1.54, 1.807) is 6.20 Å². The van der Waals surface area contributed by atoms with Gasteiger partial charge in [-0.3, -0.25) is 9.59 Å². The summed E-state index contributed by atoms with van der Waals surface area (Å²) in [6.07, 6.45) is 7.09. The number of nitrogens with zero attached hydrogens (tertiary/aromatic N) is 1. The molecule has 4 rings (SSSR count). The van der Waals surface area contributed by atoms with Crippen molar-refractivity contribution in [2.24, 2.45) is 11.0 Å². The third-order valence-corrected chi connectivity index (χ3v) is 5.68. The number of hydrogen-bond acceptors (Lipinski definition) is 3. The van der Waals surface area contributed by atoms with Crippen LogP contribution in [0.1, 0.15) is 54.9 Å². The summed E-state index contributed by atoms with van der Waals surface area (Å²) in [5.41, 5.74) is 6.35. The Morgan fingerprint density at radius 2 is 1.83 bits per heavy atom. The van der Waals surface area contributed by atoms with Crippen molar-refractivity contribution < 1.29 is 9.59 Å². The summed E-state index contributed by atoms with van der Waals surface area (Å²) in [6, 6.07) is 15.2. The first-order valence-electron chi connectivity index (χ1n) is 10.4. The lowest BCUT2D eigenvalue weighted by molar-refractivity contribution is -0.120. The second-order valence-corrected chi connectivity index (χ2v) is 7.79. The number of carbonyl (C=O) groups excluding carboxylic acids is 2. The molecule has 0 spiro atoms. The molecule has 30 heavy (non-hydrogen) atoms. The van der Waals surface area contributed by atoms with Crippen LogP contribution in [0.25, 0.3) is 10.9 Å². The Hall–Kier alpha value is -3.41. The van der Waals surface area contributed by atoms with E-state index in [1.165, 1.54) is 6.42 Å². The summed E-state index contributed by atoms with van der Waals surface area (Å²) in [6.45, 7) is 1.83. The van der Waals surface area contributed by atoms with Crippen molar-refractivity contribution in [3.05, 3.63) is 65.9 Å². The molecule has 0 bridgehead atoms. The third-order valence-electron chi connectivity index (χ3n) is 5.68. The SMILES string of the molecule is C/C(=N\NC(=O)c1c[nH]c2ccccc12)c1cccc(NC(=O)C2CCCCC2)c1. The van der Waals surface area contributed by atoms with E-state index in [0.717, 1.165) is 47.8 Å². The zero-order valence-electron chi connectivity index (χ0n) is 17.1. The molecular formula is C24H26N4O2. The number of rotatable bonds is 5. The number of benzene rings is 2. The topological polar surface area (TPSA) is 86.3 Å². The number of carbonyl (C=O) groups is 2. The van der Waals surface area contributed by atoms with Crippen LogP contribution in [0.4, 0.5) is 5.69 Å². The van der Waals surface area contributed by atoms with Gasteiger partial charge in [0.1, 0.15) is 0 Å². The first-order valence-corrected chi connectivity index (χ1v) is 10.4. The van der Waals surface area contributed by atoms with Crippen molar-refractivity contribution in [3.8, 4) is 0 Å². The first-order chi connectivity index (χ1) is 14.6. The molecule has 1 aliphatic carbocycles. The van der Waals surface area contributed by atoms with Crippen LogP contribution in [0, 0.1) is 5.92 Å². The fourth-order valence-corrected chi connectivity index (χ4v) is 3.95. The molecule has 0 atom stereocenters. The number of anilines is 1. The van der Waals surface area contributed by atoms with Crippen LogP contribution in [0.5, 0.6) is 0 Å². The van der Waals surface area contributed by atoms with Crippen molar-refractivity contribution in [3.63, 3.8) is 0 Å². The lowest BCUT2D eigenvalue weighted by atomic mass is 9.88. The molecule has 6 heteroatoms. The zero-order chi connectivity index (χ0) is 20.9. The Labute approximate surface area is 175 Å². The van der Waals surface area contributed by atoms with Gasteiger partial charge in [0.25, 0.3) is 5.91 Å². The highest BCUT2D eigenvalue weighted by Crippen LogP contribution is 2.25. The van der Waals surface area contributed by atoms with Gasteiger partial charge >= 0.3 is 0 Å².